The van der Waals surface area contributed by atoms with Crippen molar-refractivity contribution in [2.75, 3.05) is 5.32 Å². The molecule has 0 aliphatic heterocycles. The number of hydrogen-bond donors (Lipinski definition) is 2. The highest BCUT2D eigenvalue weighted by Crippen LogP contribution is 2.21. The molecule has 0 bridgehead atoms. The summed E-state index contributed by atoms with van der Waals surface area (Å²) in [5.41, 5.74) is 6.81. The Kier molecular flexibility index (Phi) is 4.92. The van der Waals surface area contributed by atoms with Crippen LogP contribution in [-0.2, 0) is 11.3 Å². The van der Waals surface area contributed by atoms with Gasteiger partial charge in [-0.2, -0.15) is 0 Å². The number of rotatable bonds is 6. The maximum Gasteiger partial charge on any atom is 0.244 e. The van der Waals surface area contributed by atoms with Crippen molar-refractivity contribution in [3.8, 4) is 11.4 Å². The Morgan fingerprint density at radius 3 is 2.86 bits per heavy atom. The van der Waals surface area contributed by atoms with Crippen LogP contribution in [0.5, 0.6) is 0 Å². The van der Waals surface area contributed by atoms with Crippen molar-refractivity contribution in [2.45, 2.75) is 45.7 Å². The molecule has 118 valence electrons. The number of aromatic nitrogens is 3. The molecule has 6 heteroatoms. The van der Waals surface area contributed by atoms with Crippen molar-refractivity contribution in [1.82, 2.24) is 14.8 Å². The van der Waals surface area contributed by atoms with Crippen LogP contribution >= 0.6 is 0 Å². The van der Waals surface area contributed by atoms with E-state index in [0.29, 0.717) is 12.1 Å². The maximum atomic E-state index is 12.3. The number of anilines is 1. The van der Waals surface area contributed by atoms with Gasteiger partial charge in [-0.05, 0) is 32.4 Å². The first-order chi connectivity index (χ1) is 10.5. The summed E-state index contributed by atoms with van der Waals surface area (Å²) in [6.07, 6.45) is 3.20. The zero-order chi connectivity index (χ0) is 16.2. The van der Waals surface area contributed by atoms with Crippen molar-refractivity contribution in [3.63, 3.8) is 0 Å². The van der Waals surface area contributed by atoms with Crippen LogP contribution in [0.4, 0.5) is 5.69 Å². The molecule has 1 unspecified atom stereocenters. The van der Waals surface area contributed by atoms with E-state index in [-0.39, 0.29) is 5.91 Å². The molecule has 0 spiro atoms. The fraction of sp³-hybridized carbons (Fsp3) is 0.438. The van der Waals surface area contributed by atoms with Crippen molar-refractivity contribution < 1.29 is 4.79 Å². The highest BCUT2D eigenvalue weighted by atomic mass is 16.2. The van der Waals surface area contributed by atoms with Crippen LogP contribution in [0, 0.1) is 0 Å². The van der Waals surface area contributed by atoms with E-state index >= 15 is 0 Å². The van der Waals surface area contributed by atoms with Gasteiger partial charge in [-0.15, -0.1) is 10.2 Å². The summed E-state index contributed by atoms with van der Waals surface area (Å²) < 4.78 is 1.95. The Morgan fingerprint density at radius 1 is 1.41 bits per heavy atom. The molecule has 0 saturated heterocycles. The van der Waals surface area contributed by atoms with Crippen LogP contribution in [0.3, 0.4) is 0 Å². The third kappa shape index (κ3) is 3.51. The Morgan fingerprint density at radius 2 is 2.18 bits per heavy atom. The van der Waals surface area contributed by atoms with E-state index in [2.05, 4.69) is 15.5 Å². The molecule has 0 aliphatic carbocycles. The number of nitrogens with zero attached hydrogens (tertiary/aromatic N) is 3. The molecule has 1 aromatic heterocycles. The smallest absolute Gasteiger partial charge is 0.244 e. The summed E-state index contributed by atoms with van der Waals surface area (Å²) >= 11 is 0. The number of carbonyl (C=O) groups is 1. The summed E-state index contributed by atoms with van der Waals surface area (Å²) in [4.78, 5) is 12.3. The number of benzene rings is 1. The highest BCUT2D eigenvalue weighted by molar-refractivity contribution is 5.98. The highest BCUT2D eigenvalue weighted by Gasteiger charge is 2.27. The van der Waals surface area contributed by atoms with Crippen LogP contribution in [0.1, 0.15) is 33.6 Å². The van der Waals surface area contributed by atoms with Crippen molar-refractivity contribution in [1.29, 1.82) is 0 Å². The van der Waals surface area contributed by atoms with Crippen LogP contribution < -0.4 is 11.1 Å². The second kappa shape index (κ2) is 6.70. The summed E-state index contributed by atoms with van der Waals surface area (Å²) in [5, 5.41) is 10.9. The standard InChI is InChI=1S/C16H23N5O/c1-4-9-16(3,17)15(22)19-13-8-6-7-12(10-13)14-20-18-11-21(14)5-2/h6-8,10-11H,4-5,9,17H2,1-3H3,(H,19,22). The van der Waals surface area contributed by atoms with Crippen LogP contribution in [0.25, 0.3) is 11.4 Å². The zero-order valence-electron chi connectivity index (χ0n) is 13.3. The summed E-state index contributed by atoms with van der Waals surface area (Å²) in [6.45, 7) is 6.58. The fourth-order valence-electron chi connectivity index (χ4n) is 2.35. The monoisotopic (exact) mass is 301 g/mol. The molecule has 3 N–H and O–H groups in total. The Balaban J connectivity index is 2.21. The minimum Gasteiger partial charge on any atom is -0.324 e. The molecule has 0 aliphatic rings. The molecule has 2 aromatic rings. The lowest BCUT2D eigenvalue weighted by atomic mass is 9.96. The van der Waals surface area contributed by atoms with Gasteiger partial charge in [0.15, 0.2) is 5.82 Å². The van der Waals surface area contributed by atoms with Crippen molar-refractivity contribution in [3.05, 3.63) is 30.6 Å². The average Bonchev–Trinajstić information content (AvgIpc) is 2.96. The second-order valence-corrected chi connectivity index (χ2v) is 5.64. The van der Waals surface area contributed by atoms with Gasteiger partial charge in [-0.1, -0.05) is 25.5 Å². The lowest BCUT2D eigenvalue weighted by Gasteiger charge is -2.23. The molecule has 1 amide bonds. The molecule has 0 radical (unpaired) electrons. The van der Waals surface area contributed by atoms with Gasteiger partial charge in [0.2, 0.25) is 5.91 Å². The van der Waals surface area contributed by atoms with E-state index in [9.17, 15) is 4.79 Å². The van der Waals surface area contributed by atoms with Gasteiger partial charge < -0.3 is 15.6 Å². The lowest BCUT2D eigenvalue weighted by Crippen LogP contribution is -2.48. The predicted molar refractivity (Wildman–Crippen MR) is 87.3 cm³/mol. The van der Waals surface area contributed by atoms with E-state index in [4.69, 9.17) is 5.73 Å². The second-order valence-electron chi connectivity index (χ2n) is 5.64. The Bertz CT molecular complexity index is 647. The first kappa shape index (κ1) is 16.2. The van der Waals surface area contributed by atoms with E-state index in [1.54, 1.807) is 13.3 Å². The maximum absolute atomic E-state index is 12.3. The number of aryl methyl sites for hydroxylation is 1. The summed E-state index contributed by atoms with van der Waals surface area (Å²) in [5.74, 6) is 0.603. The van der Waals surface area contributed by atoms with Gasteiger partial charge in [0, 0.05) is 17.8 Å². The van der Waals surface area contributed by atoms with Crippen LogP contribution in [-0.4, -0.2) is 26.2 Å². The number of nitrogens with one attached hydrogen (secondary N) is 1. The molecule has 2 rings (SSSR count). The average molecular weight is 301 g/mol. The van der Waals surface area contributed by atoms with Gasteiger partial charge in [-0.3, -0.25) is 4.79 Å². The van der Waals surface area contributed by atoms with Gasteiger partial charge in [0.25, 0.3) is 0 Å². The van der Waals surface area contributed by atoms with Gasteiger partial charge in [-0.25, -0.2) is 0 Å². The molecule has 1 heterocycles. The summed E-state index contributed by atoms with van der Waals surface area (Å²) in [7, 11) is 0. The van der Waals surface area contributed by atoms with E-state index in [1.165, 1.54) is 0 Å². The normalized spacial score (nSPS) is 13.6. The van der Waals surface area contributed by atoms with Gasteiger partial charge in [0.1, 0.15) is 6.33 Å². The third-order valence-electron chi connectivity index (χ3n) is 3.62. The number of amides is 1. The SMILES string of the molecule is CCCC(C)(N)C(=O)Nc1cccc(-c2nncn2CC)c1. The molecule has 0 saturated carbocycles. The molecular formula is C16H23N5O. The number of hydrogen-bond acceptors (Lipinski definition) is 4. The topological polar surface area (TPSA) is 85.8 Å². The van der Waals surface area contributed by atoms with Crippen molar-refractivity contribution >= 4 is 11.6 Å². The molecule has 0 fully saturated rings. The zero-order valence-corrected chi connectivity index (χ0v) is 13.3. The summed E-state index contributed by atoms with van der Waals surface area (Å²) in [6, 6.07) is 7.55. The van der Waals surface area contributed by atoms with Crippen LogP contribution in [0.15, 0.2) is 30.6 Å². The number of carbonyl (C=O) groups excluding carboxylic acids is 1. The molecule has 1 aromatic carbocycles. The molecule has 1 atom stereocenters. The lowest BCUT2D eigenvalue weighted by molar-refractivity contribution is -0.120. The van der Waals surface area contributed by atoms with Gasteiger partial charge >= 0.3 is 0 Å². The molecule has 22 heavy (non-hydrogen) atoms. The Labute approximate surface area is 130 Å². The fourth-order valence-corrected chi connectivity index (χ4v) is 2.35. The quantitative estimate of drug-likeness (QED) is 0.858. The molecular weight excluding hydrogens is 278 g/mol. The first-order valence-electron chi connectivity index (χ1n) is 7.56. The minimum absolute atomic E-state index is 0.177. The van der Waals surface area contributed by atoms with Gasteiger partial charge in [0.05, 0.1) is 5.54 Å². The molecule has 6 nitrogen and oxygen atoms in total. The first-order valence-corrected chi connectivity index (χ1v) is 7.56. The van der Waals surface area contributed by atoms with E-state index < -0.39 is 5.54 Å². The largest absolute Gasteiger partial charge is 0.324 e. The third-order valence-corrected chi connectivity index (χ3v) is 3.62. The van der Waals surface area contributed by atoms with E-state index in [1.807, 2.05) is 42.7 Å². The minimum atomic E-state index is -0.867. The predicted octanol–water partition coefficient (Wildman–Crippen LogP) is 2.42. The van der Waals surface area contributed by atoms with Crippen molar-refractivity contribution in [2.24, 2.45) is 5.73 Å². The Hall–Kier alpha value is -2.21. The van der Waals surface area contributed by atoms with E-state index in [0.717, 1.165) is 24.4 Å². The number of nitrogens with two attached hydrogens (primary N) is 1. The van der Waals surface area contributed by atoms with Crippen LogP contribution in [0.2, 0.25) is 0 Å².